The van der Waals surface area contributed by atoms with E-state index < -0.39 is 6.10 Å². The van der Waals surface area contributed by atoms with Gasteiger partial charge in [0.15, 0.2) is 0 Å². The van der Waals surface area contributed by atoms with Crippen LogP contribution in [-0.2, 0) is 11.3 Å². The van der Waals surface area contributed by atoms with Crippen molar-refractivity contribution in [1.29, 1.82) is 0 Å². The van der Waals surface area contributed by atoms with E-state index in [9.17, 15) is 9.90 Å². The van der Waals surface area contributed by atoms with Crippen molar-refractivity contribution in [2.24, 2.45) is 5.92 Å². The first-order valence-electron chi connectivity index (χ1n) is 5.98. The van der Waals surface area contributed by atoms with Gasteiger partial charge in [0.2, 0.25) is 0 Å². The zero-order chi connectivity index (χ0) is 12.7. The number of rotatable bonds is 2. The number of aliphatic hydroxyl groups is 1. The summed E-state index contributed by atoms with van der Waals surface area (Å²) in [5.41, 5.74) is 0.966. The first-order chi connectivity index (χ1) is 8.68. The van der Waals surface area contributed by atoms with Gasteiger partial charge in [-0.25, -0.2) is 4.79 Å². The van der Waals surface area contributed by atoms with Gasteiger partial charge < -0.3 is 14.7 Å². The van der Waals surface area contributed by atoms with Crippen molar-refractivity contribution in [3.63, 3.8) is 0 Å². The van der Waals surface area contributed by atoms with Crippen LogP contribution in [0, 0.1) is 5.92 Å². The first kappa shape index (κ1) is 12.0. The predicted octanol–water partition coefficient (Wildman–Crippen LogP) is 1.76. The fraction of sp³-hybridized carbons (Fsp3) is 0.462. The zero-order valence-corrected chi connectivity index (χ0v) is 11.3. The molecule has 2 saturated heterocycles. The number of nitrogens with zero attached hydrogens (tertiary/aromatic N) is 1. The standard InChI is InChI=1S/C13H14BrNO3/c14-10-9-6-15(11(10)12(9)16)13(17)18-7-8-4-2-1-3-5-8/h1-5,9-12,16H,6-7H2/t9-,10-,11+,12+/m1/s1. The van der Waals surface area contributed by atoms with Crippen LogP contribution in [-0.4, -0.2) is 39.6 Å². The Morgan fingerprint density at radius 2 is 2.17 bits per heavy atom. The number of hydrogen-bond acceptors (Lipinski definition) is 3. The lowest BCUT2D eigenvalue weighted by Crippen LogP contribution is -2.54. The van der Waals surface area contributed by atoms with Crippen LogP contribution in [0.5, 0.6) is 0 Å². The quantitative estimate of drug-likeness (QED) is 0.847. The van der Waals surface area contributed by atoms with E-state index in [2.05, 4.69) is 15.9 Å². The second kappa shape index (κ2) is 4.55. The van der Waals surface area contributed by atoms with Gasteiger partial charge in [0.05, 0.1) is 12.1 Å². The monoisotopic (exact) mass is 311 g/mol. The van der Waals surface area contributed by atoms with Gasteiger partial charge in [-0.3, -0.25) is 0 Å². The summed E-state index contributed by atoms with van der Waals surface area (Å²) in [6.07, 6.45) is -0.744. The number of benzene rings is 1. The molecule has 96 valence electrons. The lowest BCUT2D eigenvalue weighted by atomic mass is 9.82. The SMILES string of the molecule is O=C(OCc1ccccc1)N1C[C@H]2[C@H](O)[C@@H]1[C@@H]2Br. The summed E-state index contributed by atoms with van der Waals surface area (Å²) in [7, 11) is 0. The van der Waals surface area contributed by atoms with E-state index in [1.54, 1.807) is 4.90 Å². The van der Waals surface area contributed by atoms with Gasteiger partial charge in [-0.1, -0.05) is 46.3 Å². The lowest BCUT2D eigenvalue weighted by molar-refractivity contribution is 0.0253. The van der Waals surface area contributed by atoms with Crippen LogP contribution < -0.4 is 0 Å². The van der Waals surface area contributed by atoms with Gasteiger partial charge in [0.25, 0.3) is 0 Å². The number of carbonyl (C=O) groups is 1. The number of halogens is 1. The molecule has 0 unspecified atom stereocenters. The molecule has 4 nitrogen and oxygen atoms in total. The fourth-order valence-corrected chi connectivity index (χ4v) is 3.73. The maximum absolute atomic E-state index is 11.9. The summed E-state index contributed by atoms with van der Waals surface area (Å²) in [6.45, 7) is 0.853. The van der Waals surface area contributed by atoms with Crippen molar-refractivity contribution in [3.8, 4) is 0 Å². The summed E-state index contributed by atoms with van der Waals surface area (Å²) in [6, 6.07) is 9.45. The smallest absolute Gasteiger partial charge is 0.410 e. The van der Waals surface area contributed by atoms with Gasteiger partial charge in [0, 0.05) is 17.3 Å². The Morgan fingerprint density at radius 1 is 1.44 bits per heavy atom. The maximum Gasteiger partial charge on any atom is 0.410 e. The maximum atomic E-state index is 11.9. The van der Waals surface area contributed by atoms with E-state index in [0.29, 0.717) is 6.54 Å². The molecule has 0 aromatic heterocycles. The van der Waals surface area contributed by atoms with Crippen LogP contribution in [0.1, 0.15) is 5.56 Å². The van der Waals surface area contributed by atoms with E-state index >= 15 is 0 Å². The van der Waals surface area contributed by atoms with Crippen molar-refractivity contribution >= 4 is 22.0 Å². The van der Waals surface area contributed by atoms with Crippen LogP contribution in [0.15, 0.2) is 30.3 Å². The number of carbonyl (C=O) groups excluding carboxylic acids is 1. The highest BCUT2D eigenvalue weighted by atomic mass is 79.9. The van der Waals surface area contributed by atoms with Gasteiger partial charge in [-0.15, -0.1) is 0 Å². The van der Waals surface area contributed by atoms with Gasteiger partial charge in [-0.2, -0.15) is 0 Å². The van der Waals surface area contributed by atoms with E-state index in [4.69, 9.17) is 4.74 Å². The largest absolute Gasteiger partial charge is 0.445 e. The summed E-state index contributed by atoms with van der Waals surface area (Å²) >= 11 is 3.49. The molecule has 2 heterocycles. The molecule has 1 aromatic rings. The zero-order valence-electron chi connectivity index (χ0n) is 9.70. The summed E-state index contributed by atoms with van der Waals surface area (Å²) < 4.78 is 5.26. The van der Waals surface area contributed by atoms with Gasteiger partial charge >= 0.3 is 6.09 Å². The molecule has 5 heteroatoms. The molecule has 18 heavy (non-hydrogen) atoms. The van der Waals surface area contributed by atoms with Crippen molar-refractivity contribution in [3.05, 3.63) is 35.9 Å². The molecule has 2 aliphatic heterocycles. The van der Waals surface area contributed by atoms with E-state index in [1.165, 1.54) is 0 Å². The molecule has 1 saturated carbocycles. The third-order valence-electron chi connectivity index (χ3n) is 3.73. The Morgan fingerprint density at radius 3 is 2.72 bits per heavy atom. The van der Waals surface area contributed by atoms with Crippen LogP contribution >= 0.6 is 15.9 Å². The number of hydrogen-bond donors (Lipinski definition) is 1. The number of fused-ring (bicyclic) bond motifs is 1. The second-order valence-electron chi connectivity index (χ2n) is 4.78. The lowest BCUT2D eigenvalue weighted by Gasteiger charge is -2.37. The average molecular weight is 312 g/mol. The van der Waals surface area contributed by atoms with Gasteiger partial charge in [-0.05, 0) is 5.56 Å². The molecule has 0 radical (unpaired) electrons. The topological polar surface area (TPSA) is 49.8 Å². The third-order valence-corrected chi connectivity index (χ3v) is 4.95. The van der Waals surface area contributed by atoms with Crippen molar-refractivity contribution < 1.29 is 14.6 Å². The molecular formula is C13H14BrNO3. The fourth-order valence-electron chi connectivity index (χ4n) is 2.65. The molecule has 1 amide bonds. The third kappa shape index (κ3) is 1.82. The molecule has 1 aliphatic carbocycles. The Bertz CT molecular complexity index is 443. The molecule has 4 atom stereocenters. The Hall–Kier alpha value is -1.07. The summed E-state index contributed by atoms with van der Waals surface area (Å²) in [5.74, 6) is 0.152. The van der Waals surface area contributed by atoms with Crippen LogP contribution in [0.4, 0.5) is 4.79 Å². The number of alkyl halides is 1. The highest BCUT2D eigenvalue weighted by Gasteiger charge is 2.60. The van der Waals surface area contributed by atoms with Crippen molar-refractivity contribution in [2.45, 2.75) is 23.6 Å². The normalized spacial score (nSPS) is 33.1. The number of ether oxygens (including phenoxy) is 1. The minimum Gasteiger partial charge on any atom is -0.445 e. The number of aliphatic hydroxyl groups excluding tert-OH is 1. The molecule has 0 spiro atoms. The summed E-state index contributed by atoms with van der Waals surface area (Å²) in [5, 5.41) is 9.74. The molecular weight excluding hydrogens is 298 g/mol. The van der Waals surface area contributed by atoms with E-state index in [0.717, 1.165) is 5.56 Å². The molecule has 1 N–H and O–H groups in total. The molecule has 1 aromatic carbocycles. The Kier molecular flexibility index (Phi) is 3.03. The van der Waals surface area contributed by atoms with Gasteiger partial charge in [0.1, 0.15) is 6.61 Å². The second-order valence-corrected chi connectivity index (χ2v) is 5.84. The predicted molar refractivity (Wildman–Crippen MR) is 69.3 cm³/mol. The van der Waals surface area contributed by atoms with E-state index in [-0.39, 0.29) is 29.5 Å². The van der Waals surface area contributed by atoms with Crippen molar-refractivity contribution in [1.82, 2.24) is 4.90 Å². The van der Waals surface area contributed by atoms with Crippen molar-refractivity contribution in [2.75, 3.05) is 6.54 Å². The van der Waals surface area contributed by atoms with Crippen LogP contribution in [0.25, 0.3) is 0 Å². The van der Waals surface area contributed by atoms with Crippen LogP contribution in [0.3, 0.4) is 0 Å². The minimum absolute atomic E-state index is 0.127. The molecule has 3 aliphatic rings. The first-order valence-corrected chi connectivity index (χ1v) is 6.89. The minimum atomic E-state index is -0.404. The molecule has 3 fully saturated rings. The Labute approximate surface area is 114 Å². The molecule has 2 bridgehead atoms. The highest BCUT2D eigenvalue weighted by Crippen LogP contribution is 2.46. The summed E-state index contributed by atoms with van der Waals surface area (Å²) in [4.78, 5) is 13.7. The van der Waals surface area contributed by atoms with E-state index in [1.807, 2.05) is 30.3 Å². The average Bonchev–Trinajstić information content (AvgIpc) is 2.94. The molecule has 4 rings (SSSR count). The van der Waals surface area contributed by atoms with Crippen LogP contribution in [0.2, 0.25) is 0 Å². The highest BCUT2D eigenvalue weighted by molar-refractivity contribution is 9.09. The number of amides is 1. The Balaban J connectivity index is 1.57.